The number of carbonyl (C=O) groups is 1. The number of anilines is 1. The van der Waals surface area contributed by atoms with Crippen LogP contribution in [0.3, 0.4) is 0 Å². The molecule has 0 bridgehead atoms. The van der Waals surface area contributed by atoms with Gasteiger partial charge in [-0.25, -0.2) is 0 Å². The van der Waals surface area contributed by atoms with Crippen LogP contribution in [-0.4, -0.2) is 31.4 Å². The molecule has 26 heavy (non-hydrogen) atoms. The number of amides is 1. The van der Waals surface area contributed by atoms with E-state index >= 15 is 0 Å². The van der Waals surface area contributed by atoms with Gasteiger partial charge in [0.15, 0.2) is 0 Å². The Kier molecular flexibility index (Phi) is 5.58. The van der Waals surface area contributed by atoms with Crippen molar-refractivity contribution in [3.8, 4) is 5.69 Å². The fourth-order valence-corrected chi connectivity index (χ4v) is 3.44. The number of tetrazole rings is 1. The molecule has 0 aliphatic rings. The SMILES string of the molecule is Cc1cccc(C)c1-n1nnnc1SC(C)C(=O)Nc1ccc(Cl)cc1. The van der Waals surface area contributed by atoms with E-state index in [1.807, 2.05) is 39.0 Å². The monoisotopic (exact) mass is 387 g/mol. The number of benzene rings is 2. The molecule has 2 aromatic carbocycles. The summed E-state index contributed by atoms with van der Waals surface area (Å²) in [6.07, 6.45) is 0. The molecule has 0 saturated carbocycles. The van der Waals surface area contributed by atoms with Gasteiger partial charge >= 0.3 is 0 Å². The predicted octanol–water partition coefficient (Wildman–Crippen LogP) is 4.05. The zero-order valence-corrected chi connectivity index (χ0v) is 16.2. The Morgan fingerprint density at radius 1 is 1.15 bits per heavy atom. The first-order valence-electron chi connectivity index (χ1n) is 8.04. The highest BCUT2D eigenvalue weighted by Gasteiger charge is 2.20. The van der Waals surface area contributed by atoms with Gasteiger partial charge in [0.05, 0.1) is 10.9 Å². The van der Waals surface area contributed by atoms with Crippen LogP contribution in [-0.2, 0) is 4.79 Å². The molecule has 3 rings (SSSR count). The number of rotatable bonds is 5. The third-order valence-corrected chi connectivity index (χ3v) is 5.14. The van der Waals surface area contributed by atoms with Gasteiger partial charge in [0.25, 0.3) is 0 Å². The number of aryl methyl sites for hydroxylation is 2. The second kappa shape index (κ2) is 7.88. The smallest absolute Gasteiger partial charge is 0.237 e. The van der Waals surface area contributed by atoms with Crippen LogP contribution in [0, 0.1) is 13.8 Å². The van der Waals surface area contributed by atoms with Gasteiger partial charge in [-0.2, -0.15) is 4.68 Å². The van der Waals surface area contributed by atoms with Crippen molar-refractivity contribution in [3.63, 3.8) is 0 Å². The number of nitrogens with one attached hydrogen (secondary N) is 1. The number of halogens is 1. The third kappa shape index (κ3) is 4.05. The van der Waals surface area contributed by atoms with Gasteiger partial charge in [-0.15, -0.1) is 5.10 Å². The van der Waals surface area contributed by atoms with Crippen LogP contribution in [0.25, 0.3) is 5.69 Å². The molecule has 8 heteroatoms. The number of para-hydroxylation sites is 1. The van der Waals surface area contributed by atoms with Crippen LogP contribution in [0.2, 0.25) is 5.02 Å². The van der Waals surface area contributed by atoms with Gasteiger partial charge in [0.2, 0.25) is 11.1 Å². The second-order valence-corrected chi connectivity index (χ2v) is 7.61. The van der Waals surface area contributed by atoms with E-state index in [0.717, 1.165) is 16.8 Å². The first-order valence-corrected chi connectivity index (χ1v) is 9.29. The minimum absolute atomic E-state index is 0.131. The lowest BCUT2D eigenvalue weighted by Crippen LogP contribution is -2.23. The Bertz CT molecular complexity index is 905. The van der Waals surface area contributed by atoms with E-state index < -0.39 is 0 Å². The predicted molar refractivity (Wildman–Crippen MR) is 104 cm³/mol. The maximum absolute atomic E-state index is 12.5. The van der Waals surface area contributed by atoms with E-state index in [-0.39, 0.29) is 11.2 Å². The van der Waals surface area contributed by atoms with Crippen LogP contribution in [0.5, 0.6) is 0 Å². The van der Waals surface area contributed by atoms with Crippen molar-refractivity contribution in [3.05, 3.63) is 58.6 Å². The molecule has 0 radical (unpaired) electrons. The lowest BCUT2D eigenvalue weighted by molar-refractivity contribution is -0.115. The fourth-order valence-electron chi connectivity index (χ4n) is 2.52. The number of carbonyl (C=O) groups excluding carboxylic acids is 1. The summed E-state index contributed by atoms with van der Waals surface area (Å²) in [5, 5.41) is 15.7. The van der Waals surface area contributed by atoms with Crippen molar-refractivity contribution in [1.82, 2.24) is 20.2 Å². The Morgan fingerprint density at radius 2 is 1.81 bits per heavy atom. The highest BCUT2D eigenvalue weighted by molar-refractivity contribution is 8.00. The minimum atomic E-state index is -0.375. The summed E-state index contributed by atoms with van der Waals surface area (Å²) >= 11 is 7.17. The molecule has 1 amide bonds. The molecule has 134 valence electrons. The average molecular weight is 388 g/mol. The quantitative estimate of drug-likeness (QED) is 0.668. The fraction of sp³-hybridized carbons (Fsp3) is 0.222. The minimum Gasteiger partial charge on any atom is -0.325 e. The molecule has 1 aromatic heterocycles. The van der Waals surface area contributed by atoms with Gasteiger partial charge in [-0.1, -0.05) is 41.6 Å². The lowest BCUT2D eigenvalue weighted by Gasteiger charge is -2.13. The summed E-state index contributed by atoms with van der Waals surface area (Å²) in [6, 6.07) is 13.0. The van der Waals surface area contributed by atoms with Crippen LogP contribution >= 0.6 is 23.4 Å². The highest BCUT2D eigenvalue weighted by atomic mass is 35.5. The molecule has 1 atom stereocenters. The van der Waals surface area contributed by atoms with E-state index in [2.05, 4.69) is 20.8 Å². The van der Waals surface area contributed by atoms with Gasteiger partial charge in [0, 0.05) is 10.7 Å². The summed E-state index contributed by atoms with van der Waals surface area (Å²) in [4.78, 5) is 12.5. The molecule has 1 heterocycles. The van der Waals surface area contributed by atoms with E-state index in [0.29, 0.717) is 15.9 Å². The molecule has 0 spiro atoms. The Morgan fingerprint density at radius 3 is 2.46 bits per heavy atom. The maximum atomic E-state index is 12.5. The van der Waals surface area contributed by atoms with Gasteiger partial charge < -0.3 is 5.32 Å². The summed E-state index contributed by atoms with van der Waals surface area (Å²) in [5.74, 6) is -0.131. The number of hydrogen-bond donors (Lipinski definition) is 1. The molecule has 1 unspecified atom stereocenters. The summed E-state index contributed by atoms with van der Waals surface area (Å²) in [6.45, 7) is 5.84. The first-order chi connectivity index (χ1) is 12.5. The number of aromatic nitrogens is 4. The van der Waals surface area contributed by atoms with Crippen molar-refractivity contribution in [2.24, 2.45) is 0 Å². The van der Waals surface area contributed by atoms with E-state index in [1.54, 1.807) is 28.9 Å². The zero-order chi connectivity index (χ0) is 18.7. The van der Waals surface area contributed by atoms with Crippen LogP contribution in [0.15, 0.2) is 47.6 Å². The van der Waals surface area contributed by atoms with Crippen molar-refractivity contribution in [2.75, 3.05) is 5.32 Å². The number of nitrogens with zero attached hydrogens (tertiary/aromatic N) is 4. The topological polar surface area (TPSA) is 72.7 Å². The Balaban J connectivity index is 1.76. The average Bonchev–Trinajstić information content (AvgIpc) is 3.04. The molecular weight excluding hydrogens is 370 g/mol. The lowest BCUT2D eigenvalue weighted by atomic mass is 10.1. The van der Waals surface area contributed by atoms with Crippen molar-refractivity contribution >= 4 is 35.0 Å². The Labute approximate surface area is 160 Å². The van der Waals surface area contributed by atoms with E-state index in [9.17, 15) is 4.79 Å². The molecule has 0 fully saturated rings. The standard InChI is InChI=1S/C18H18ClN5OS/c1-11-5-4-6-12(2)16(11)24-18(21-22-23-24)26-13(3)17(25)20-15-9-7-14(19)8-10-15/h4-10,13H,1-3H3,(H,20,25). The molecule has 1 N–H and O–H groups in total. The largest absolute Gasteiger partial charge is 0.325 e. The number of thioether (sulfide) groups is 1. The van der Waals surface area contributed by atoms with Gasteiger partial charge in [-0.05, 0) is 66.6 Å². The number of hydrogen-bond acceptors (Lipinski definition) is 5. The van der Waals surface area contributed by atoms with Gasteiger partial charge in [0.1, 0.15) is 0 Å². The second-order valence-electron chi connectivity index (χ2n) is 5.87. The van der Waals surface area contributed by atoms with Crippen LogP contribution in [0.1, 0.15) is 18.1 Å². The van der Waals surface area contributed by atoms with Crippen molar-refractivity contribution < 1.29 is 4.79 Å². The Hall–Kier alpha value is -2.38. The molecule has 3 aromatic rings. The highest BCUT2D eigenvalue weighted by Crippen LogP contribution is 2.27. The molecule has 0 aliphatic heterocycles. The van der Waals surface area contributed by atoms with Crippen molar-refractivity contribution in [2.45, 2.75) is 31.2 Å². The first kappa shape index (κ1) is 18.4. The van der Waals surface area contributed by atoms with Crippen LogP contribution < -0.4 is 5.32 Å². The zero-order valence-electron chi connectivity index (χ0n) is 14.6. The summed E-state index contributed by atoms with van der Waals surface area (Å²) in [5.41, 5.74) is 3.77. The molecular formula is C18H18ClN5OS. The van der Waals surface area contributed by atoms with Crippen molar-refractivity contribution in [1.29, 1.82) is 0 Å². The maximum Gasteiger partial charge on any atom is 0.237 e. The third-order valence-electron chi connectivity index (χ3n) is 3.86. The summed E-state index contributed by atoms with van der Waals surface area (Å²) in [7, 11) is 0. The molecule has 6 nitrogen and oxygen atoms in total. The summed E-state index contributed by atoms with van der Waals surface area (Å²) < 4.78 is 1.68. The van der Waals surface area contributed by atoms with Gasteiger partial charge in [-0.3, -0.25) is 4.79 Å². The van der Waals surface area contributed by atoms with E-state index in [1.165, 1.54) is 11.8 Å². The molecule has 0 saturated heterocycles. The van der Waals surface area contributed by atoms with E-state index in [4.69, 9.17) is 11.6 Å². The molecule has 0 aliphatic carbocycles. The normalized spacial score (nSPS) is 12.0. The van der Waals surface area contributed by atoms with Crippen LogP contribution in [0.4, 0.5) is 5.69 Å².